The van der Waals surface area contributed by atoms with E-state index in [1.165, 1.54) is 32.1 Å². The smallest absolute Gasteiger partial charge is 0.223 e. The van der Waals surface area contributed by atoms with Crippen molar-refractivity contribution < 1.29 is 4.79 Å². The van der Waals surface area contributed by atoms with Gasteiger partial charge in [0.15, 0.2) is 0 Å². The van der Waals surface area contributed by atoms with Crippen LogP contribution >= 0.6 is 12.6 Å². The van der Waals surface area contributed by atoms with Crippen molar-refractivity contribution in [3.05, 3.63) is 0 Å². The average molecular weight is 215 g/mol. The fourth-order valence-corrected chi connectivity index (χ4v) is 2.46. The van der Waals surface area contributed by atoms with Gasteiger partial charge in [0.25, 0.3) is 0 Å². The van der Waals surface area contributed by atoms with Gasteiger partial charge in [-0.25, -0.2) is 0 Å². The lowest BCUT2D eigenvalue weighted by molar-refractivity contribution is -0.133. The van der Waals surface area contributed by atoms with Gasteiger partial charge in [-0.05, 0) is 25.5 Å². The van der Waals surface area contributed by atoms with Crippen molar-refractivity contribution in [3.8, 4) is 0 Å². The van der Waals surface area contributed by atoms with Crippen LogP contribution in [0.1, 0.15) is 45.4 Å². The predicted octanol–water partition coefficient (Wildman–Crippen LogP) is 2.49. The predicted molar refractivity (Wildman–Crippen MR) is 62.7 cm³/mol. The molecule has 1 aliphatic rings. The molecule has 0 heterocycles. The molecular formula is C11H21NOS. The Morgan fingerprint density at radius 2 is 2.00 bits per heavy atom. The van der Waals surface area contributed by atoms with Gasteiger partial charge in [-0.1, -0.05) is 19.3 Å². The van der Waals surface area contributed by atoms with Crippen LogP contribution < -0.4 is 0 Å². The van der Waals surface area contributed by atoms with Crippen molar-refractivity contribution in [1.29, 1.82) is 0 Å². The fourth-order valence-electron chi connectivity index (χ4n) is 2.27. The second-order valence-electron chi connectivity index (χ2n) is 3.95. The summed E-state index contributed by atoms with van der Waals surface area (Å²) in [5.74, 6) is 0.955. The molecular weight excluding hydrogens is 194 g/mol. The standard InChI is InChI=1S/C11H21NOS/c1-2-12(11(13)8-9-14)10-6-4-3-5-7-10/h10,14H,2-9H2,1H3. The Morgan fingerprint density at radius 1 is 1.36 bits per heavy atom. The topological polar surface area (TPSA) is 20.3 Å². The number of rotatable bonds is 4. The van der Waals surface area contributed by atoms with Gasteiger partial charge < -0.3 is 4.90 Å². The first-order chi connectivity index (χ1) is 6.79. The van der Waals surface area contributed by atoms with Gasteiger partial charge >= 0.3 is 0 Å². The van der Waals surface area contributed by atoms with E-state index >= 15 is 0 Å². The van der Waals surface area contributed by atoms with Crippen LogP contribution in [0.15, 0.2) is 0 Å². The minimum absolute atomic E-state index is 0.286. The molecule has 3 heteroatoms. The Morgan fingerprint density at radius 3 is 2.50 bits per heavy atom. The molecule has 82 valence electrons. The number of nitrogens with zero attached hydrogens (tertiary/aromatic N) is 1. The van der Waals surface area contributed by atoms with Gasteiger partial charge in [0.2, 0.25) is 5.91 Å². The zero-order valence-corrected chi connectivity index (χ0v) is 9.93. The molecule has 0 aromatic carbocycles. The van der Waals surface area contributed by atoms with E-state index in [1.54, 1.807) is 0 Å². The first kappa shape index (κ1) is 11.9. The van der Waals surface area contributed by atoms with Crippen molar-refractivity contribution in [2.24, 2.45) is 0 Å². The third kappa shape index (κ3) is 3.19. The van der Waals surface area contributed by atoms with E-state index in [9.17, 15) is 4.79 Å². The van der Waals surface area contributed by atoms with Gasteiger partial charge in [-0.15, -0.1) is 0 Å². The minimum Gasteiger partial charge on any atom is -0.340 e. The quantitative estimate of drug-likeness (QED) is 0.714. The zero-order valence-electron chi connectivity index (χ0n) is 9.04. The number of carbonyl (C=O) groups is 1. The second-order valence-corrected chi connectivity index (χ2v) is 4.39. The molecule has 1 aliphatic carbocycles. The van der Waals surface area contributed by atoms with Crippen LogP contribution in [0.25, 0.3) is 0 Å². The summed E-state index contributed by atoms with van der Waals surface area (Å²) in [4.78, 5) is 13.8. The zero-order chi connectivity index (χ0) is 10.4. The Kier molecular flexibility index (Phi) is 5.38. The summed E-state index contributed by atoms with van der Waals surface area (Å²) in [6, 6.07) is 0.515. The first-order valence-electron chi connectivity index (χ1n) is 5.70. The van der Waals surface area contributed by atoms with E-state index in [0.29, 0.717) is 18.2 Å². The lowest BCUT2D eigenvalue weighted by Crippen LogP contribution is -2.41. The Hall–Kier alpha value is -0.180. The van der Waals surface area contributed by atoms with Gasteiger partial charge in [0.1, 0.15) is 0 Å². The van der Waals surface area contributed by atoms with Gasteiger partial charge in [0, 0.05) is 19.0 Å². The summed E-state index contributed by atoms with van der Waals surface area (Å²) >= 11 is 4.11. The van der Waals surface area contributed by atoms with Gasteiger partial charge in [-0.2, -0.15) is 12.6 Å². The maximum absolute atomic E-state index is 11.8. The summed E-state index contributed by atoms with van der Waals surface area (Å²) < 4.78 is 0. The maximum atomic E-state index is 11.8. The highest BCUT2D eigenvalue weighted by Crippen LogP contribution is 2.22. The fraction of sp³-hybridized carbons (Fsp3) is 0.909. The molecule has 1 rings (SSSR count). The van der Waals surface area contributed by atoms with Crippen LogP contribution in [0.2, 0.25) is 0 Å². The lowest BCUT2D eigenvalue weighted by atomic mass is 9.94. The third-order valence-electron chi connectivity index (χ3n) is 3.00. The third-order valence-corrected chi connectivity index (χ3v) is 3.23. The molecule has 0 atom stereocenters. The molecule has 0 bridgehead atoms. The number of thiol groups is 1. The average Bonchev–Trinajstić information content (AvgIpc) is 2.21. The van der Waals surface area contributed by atoms with Crippen molar-refractivity contribution >= 4 is 18.5 Å². The normalized spacial score (nSPS) is 18.1. The highest BCUT2D eigenvalue weighted by atomic mass is 32.1. The Balaban J connectivity index is 2.46. The van der Waals surface area contributed by atoms with Gasteiger partial charge in [0.05, 0.1) is 0 Å². The van der Waals surface area contributed by atoms with Crippen molar-refractivity contribution in [2.75, 3.05) is 12.3 Å². The van der Waals surface area contributed by atoms with Crippen LogP contribution in [0.4, 0.5) is 0 Å². The van der Waals surface area contributed by atoms with E-state index in [-0.39, 0.29) is 5.91 Å². The first-order valence-corrected chi connectivity index (χ1v) is 6.33. The molecule has 2 nitrogen and oxygen atoms in total. The molecule has 1 saturated carbocycles. The molecule has 0 aromatic heterocycles. The van der Waals surface area contributed by atoms with Crippen molar-refractivity contribution in [2.45, 2.75) is 51.5 Å². The highest BCUT2D eigenvalue weighted by Gasteiger charge is 2.23. The molecule has 1 fully saturated rings. The van der Waals surface area contributed by atoms with E-state index in [2.05, 4.69) is 24.5 Å². The number of carbonyl (C=O) groups excluding carboxylic acids is 1. The minimum atomic E-state index is 0.286. The molecule has 0 aliphatic heterocycles. The summed E-state index contributed by atoms with van der Waals surface area (Å²) in [6.07, 6.45) is 6.91. The van der Waals surface area contributed by atoms with Crippen LogP contribution in [-0.2, 0) is 4.79 Å². The molecule has 0 spiro atoms. The van der Waals surface area contributed by atoms with Crippen molar-refractivity contribution in [1.82, 2.24) is 4.90 Å². The Labute approximate surface area is 92.5 Å². The molecule has 0 radical (unpaired) electrons. The molecule has 0 unspecified atom stereocenters. The van der Waals surface area contributed by atoms with Crippen molar-refractivity contribution in [3.63, 3.8) is 0 Å². The highest BCUT2D eigenvalue weighted by molar-refractivity contribution is 7.80. The monoisotopic (exact) mass is 215 g/mol. The molecule has 0 aromatic rings. The number of hydrogen-bond donors (Lipinski definition) is 1. The number of amides is 1. The molecule has 1 amide bonds. The van der Waals surface area contributed by atoms with Crippen LogP contribution in [-0.4, -0.2) is 29.1 Å². The largest absolute Gasteiger partial charge is 0.340 e. The summed E-state index contributed by atoms with van der Waals surface area (Å²) in [5, 5.41) is 0. The lowest BCUT2D eigenvalue weighted by Gasteiger charge is -2.33. The summed E-state index contributed by atoms with van der Waals surface area (Å²) in [6.45, 7) is 2.93. The van der Waals surface area contributed by atoms with E-state index in [4.69, 9.17) is 0 Å². The second kappa shape index (κ2) is 6.33. The SMILES string of the molecule is CCN(C(=O)CCS)C1CCCCC1. The number of hydrogen-bond acceptors (Lipinski definition) is 2. The maximum Gasteiger partial charge on any atom is 0.223 e. The van der Waals surface area contributed by atoms with E-state index in [1.807, 2.05) is 0 Å². The van der Waals surface area contributed by atoms with Crippen LogP contribution in [0.5, 0.6) is 0 Å². The van der Waals surface area contributed by atoms with Crippen LogP contribution in [0, 0.1) is 0 Å². The van der Waals surface area contributed by atoms with Gasteiger partial charge in [-0.3, -0.25) is 4.79 Å². The van der Waals surface area contributed by atoms with E-state index < -0.39 is 0 Å². The molecule has 14 heavy (non-hydrogen) atoms. The molecule has 0 N–H and O–H groups in total. The van der Waals surface area contributed by atoms with Crippen LogP contribution in [0.3, 0.4) is 0 Å². The van der Waals surface area contributed by atoms with E-state index in [0.717, 1.165) is 6.54 Å². The molecule has 0 saturated heterocycles. The summed E-state index contributed by atoms with van der Waals surface area (Å²) in [5.41, 5.74) is 0. The summed E-state index contributed by atoms with van der Waals surface area (Å²) in [7, 11) is 0. The Bertz CT molecular complexity index is 178.